The SMILES string of the molecule is COc1ccccc1N1CCN(C(=O)c2cc(S(=O)(=O)Nc3ccccc3F)ccc2C)CC1. The molecule has 0 bridgehead atoms. The highest BCUT2D eigenvalue weighted by Gasteiger charge is 2.26. The molecular weight excluding hydrogens is 457 g/mol. The molecule has 4 rings (SSSR count). The van der Waals surface area contributed by atoms with Gasteiger partial charge in [0.1, 0.15) is 11.6 Å². The van der Waals surface area contributed by atoms with E-state index in [2.05, 4.69) is 9.62 Å². The second-order valence-corrected chi connectivity index (χ2v) is 9.70. The fourth-order valence-electron chi connectivity index (χ4n) is 3.96. The molecule has 1 aliphatic heterocycles. The van der Waals surface area contributed by atoms with Gasteiger partial charge in [-0.3, -0.25) is 9.52 Å². The molecule has 1 amide bonds. The lowest BCUT2D eigenvalue weighted by molar-refractivity contribution is 0.0745. The van der Waals surface area contributed by atoms with E-state index in [1.165, 1.54) is 36.4 Å². The largest absolute Gasteiger partial charge is 0.495 e. The van der Waals surface area contributed by atoms with Gasteiger partial charge in [0.05, 0.1) is 23.4 Å². The summed E-state index contributed by atoms with van der Waals surface area (Å²) >= 11 is 0. The Bertz CT molecular complexity index is 1310. The van der Waals surface area contributed by atoms with Crippen LogP contribution >= 0.6 is 0 Å². The van der Waals surface area contributed by atoms with Crippen molar-refractivity contribution in [1.82, 2.24) is 4.90 Å². The average molecular weight is 484 g/mol. The highest BCUT2D eigenvalue weighted by atomic mass is 32.2. The average Bonchev–Trinajstić information content (AvgIpc) is 2.85. The van der Waals surface area contributed by atoms with Crippen LogP contribution in [0.4, 0.5) is 15.8 Å². The number of carbonyl (C=O) groups excluding carboxylic acids is 1. The van der Waals surface area contributed by atoms with Gasteiger partial charge in [-0.15, -0.1) is 0 Å². The highest BCUT2D eigenvalue weighted by Crippen LogP contribution is 2.29. The van der Waals surface area contributed by atoms with Crippen LogP contribution in [-0.2, 0) is 10.0 Å². The van der Waals surface area contributed by atoms with Gasteiger partial charge in [-0.05, 0) is 48.9 Å². The molecule has 0 atom stereocenters. The molecule has 1 fully saturated rings. The van der Waals surface area contributed by atoms with Crippen LogP contribution in [0.3, 0.4) is 0 Å². The van der Waals surface area contributed by atoms with E-state index in [1.807, 2.05) is 24.3 Å². The summed E-state index contributed by atoms with van der Waals surface area (Å²) < 4.78 is 47.4. The van der Waals surface area contributed by atoms with Gasteiger partial charge >= 0.3 is 0 Å². The summed E-state index contributed by atoms with van der Waals surface area (Å²) in [5, 5.41) is 0. The number of rotatable bonds is 6. The fourth-order valence-corrected chi connectivity index (χ4v) is 5.05. The fraction of sp³-hybridized carbons (Fsp3) is 0.240. The summed E-state index contributed by atoms with van der Waals surface area (Å²) in [5.41, 5.74) is 1.80. The summed E-state index contributed by atoms with van der Waals surface area (Å²) in [6.07, 6.45) is 0. The molecule has 1 aliphatic rings. The Morgan fingerprint density at radius 1 is 0.971 bits per heavy atom. The number of hydrogen-bond acceptors (Lipinski definition) is 5. The zero-order valence-corrected chi connectivity index (χ0v) is 19.8. The standard InChI is InChI=1S/C25H26FN3O4S/c1-18-11-12-19(34(31,32)27-22-8-4-3-7-21(22)26)17-20(18)25(30)29-15-13-28(14-16-29)23-9-5-6-10-24(23)33-2/h3-12,17,27H,13-16H2,1-2H3. The summed E-state index contributed by atoms with van der Waals surface area (Å²) in [7, 11) is -2.45. The van der Waals surface area contributed by atoms with E-state index in [0.717, 1.165) is 11.4 Å². The number of nitrogens with zero attached hydrogens (tertiary/aromatic N) is 2. The summed E-state index contributed by atoms with van der Waals surface area (Å²) in [6, 6.07) is 17.6. The second kappa shape index (κ2) is 9.72. The molecule has 3 aromatic rings. The summed E-state index contributed by atoms with van der Waals surface area (Å²) in [4.78, 5) is 17.1. The van der Waals surface area contributed by atoms with Crippen LogP contribution in [0.2, 0.25) is 0 Å². The molecule has 9 heteroatoms. The maximum Gasteiger partial charge on any atom is 0.262 e. The number of anilines is 2. The van der Waals surface area contributed by atoms with Gasteiger partial charge in [0.2, 0.25) is 0 Å². The normalized spacial score (nSPS) is 14.1. The Morgan fingerprint density at radius 2 is 1.65 bits per heavy atom. The topological polar surface area (TPSA) is 79.0 Å². The molecule has 1 heterocycles. The Morgan fingerprint density at radius 3 is 2.35 bits per heavy atom. The van der Waals surface area contributed by atoms with Crippen molar-refractivity contribution < 1.29 is 22.3 Å². The Labute approximate surface area is 198 Å². The number of hydrogen-bond donors (Lipinski definition) is 1. The van der Waals surface area contributed by atoms with Crippen molar-refractivity contribution >= 4 is 27.3 Å². The number of sulfonamides is 1. The quantitative estimate of drug-likeness (QED) is 0.575. The smallest absolute Gasteiger partial charge is 0.262 e. The first-order valence-electron chi connectivity index (χ1n) is 10.9. The molecule has 0 spiro atoms. The number of methoxy groups -OCH3 is 1. The van der Waals surface area contributed by atoms with Crippen LogP contribution in [0.25, 0.3) is 0 Å². The van der Waals surface area contributed by atoms with Crippen molar-refractivity contribution in [3.05, 3.63) is 83.7 Å². The number of ether oxygens (including phenoxy) is 1. The van der Waals surface area contributed by atoms with Gasteiger partial charge in [0, 0.05) is 31.7 Å². The number of aryl methyl sites for hydroxylation is 1. The Kier molecular flexibility index (Phi) is 6.74. The first kappa shape index (κ1) is 23.6. The molecule has 0 saturated carbocycles. The maximum absolute atomic E-state index is 14.0. The van der Waals surface area contributed by atoms with Crippen molar-refractivity contribution in [1.29, 1.82) is 0 Å². The maximum atomic E-state index is 14.0. The van der Waals surface area contributed by atoms with Crippen molar-refractivity contribution in [3.8, 4) is 5.75 Å². The Hall–Kier alpha value is -3.59. The van der Waals surface area contributed by atoms with Gasteiger partial charge in [0.15, 0.2) is 0 Å². The minimum atomic E-state index is -4.07. The number of nitrogens with one attached hydrogen (secondary N) is 1. The molecule has 34 heavy (non-hydrogen) atoms. The van der Waals surface area contributed by atoms with Gasteiger partial charge in [-0.25, -0.2) is 12.8 Å². The third-order valence-electron chi connectivity index (χ3n) is 5.86. The first-order valence-corrected chi connectivity index (χ1v) is 12.3. The van der Waals surface area contributed by atoms with Crippen LogP contribution < -0.4 is 14.4 Å². The van der Waals surface area contributed by atoms with Crippen LogP contribution in [-0.4, -0.2) is 52.5 Å². The first-order chi connectivity index (χ1) is 16.3. The van der Waals surface area contributed by atoms with Crippen LogP contribution in [0, 0.1) is 12.7 Å². The third-order valence-corrected chi connectivity index (χ3v) is 7.22. The summed E-state index contributed by atoms with van der Waals surface area (Å²) in [5.74, 6) is -0.138. The lowest BCUT2D eigenvalue weighted by atomic mass is 10.1. The van der Waals surface area contributed by atoms with Crippen LogP contribution in [0.5, 0.6) is 5.75 Å². The Balaban J connectivity index is 1.51. The number of piperazine rings is 1. The second-order valence-electron chi connectivity index (χ2n) is 8.01. The molecule has 0 aliphatic carbocycles. The number of amides is 1. The minimum Gasteiger partial charge on any atom is -0.495 e. The van der Waals surface area contributed by atoms with Crippen molar-refractivity contribution in [2.24, 2.45) is 0 Å². The lowest BCUT2D eigenvalue weighted by Gasteiger charge is -2.36. The molecular formula is C25H26FN3O4S. The van der Waals surface area contributed by atoms with E-state index in [4.69, 9.17) is 4.74 Å². The van der Waals surface area contributed by atoms with E-state index < -0.39 is 15.8 Å². The molecule has 178 valence electrons. The van der Waals surface area contributed by atoms with E-state index in [9.17, 15) is 17.6 Å². The van der Waals surface area contributed by atoms with Gasteiger partial charge in [-0.2, -0.15) is 0 Å². The highest BCUT2D eigenvalue weighted by molar-refractivity contribution is 7.92. The van der Waals surface area contributed by atoms with Crippen LogP contribution in [0.15, 0.2) is 71.6 Å². The molecule has 0 radical (unpaired) electrons. The zero-order chi connectivity index (χ0) is 24.3. The minimum absolute atomic E-state index is 0.0997. The van der Waals surface area contributed by atoms with E-state index in [0.29, 0.717) is 37.3 Å². The van der Waals surface area contributed by atoms with E-state index >= 15 is 0 Å². The molecule has 3 aromatic carbocycles. The van der Waals surface area contributed by atoms with Crippen molar-refractivity contribution in [3.63, 3.8) is 0 Å². The van der Waals surface area contributed by atoms with Crippen molar-refractivity contribution in [2.45, 2.75) is 11.8 Å². The van der Waals surface area contributed by atoms with Gasteiger partial charge in [-0.1, -0.05) is 30.3 Å². The third kappa shape index (κ3) is 4.84. The molecule has 1 N–H and O–H groups in total. The predicted molar refractivity (Wildman–Crippen MR) is 129 cm³/mol. The lowest BCUT2D eigenvalue weighted by Crippen LogP contribution is -2.49. The van der Waals surface area contributed by atoms with Gasteiger partial charge in [0.25, 0.3) is 15.9 Å². The summed E-state index contributed by atoms with van der Waals surface area (Å²) in [6.45, 7) is 3.98. The van der Waals surface area contributed by atoms with Crippen molar-refractivity contribution in [2.75, 3.05) is 42.9 Å². The number of halogens is 1. The molecule has 1 saturated heterocycles. The monoisotopic (exact) mass is 483 g/mol. The molecule has 0 unspecified atom stereocenters. The molecule has 7 nitrogen and oxygen atoms in total. The molecule has 0 aromatic heterocycles. The predicted octanol–water partition coefficient (Wildman–Crippen LogP) is 3.91. The number of carbonyl (C=O) groups is 1. The zero-order valence-electron chi connectivity index (χ0n) is 19.0. The van der Waals surface area contributed by atoms with Gasteiger partial charge < -0.3 is 14.5 Å². The number of para-hydroxylation sites is 3. The van der Waals surface area contributed by atoms with E-state index in [1.54, 1.807) is 25.0 Å². The number of benzene rings is 3. The van der Waals surface area contributed by atoms with Crippen LogP contribution in [0.1, 0.15) is 15.9 Å². The van der Waals surface area contributed by atoms with E-state index in [-0.39, 0.29) is 16.5 Å².